The van der Waals surface area contributed by atoms with E-state index in [1.165, 1.54) is 225 Å². The number of quaternary nitrogens is 1. The number of nitrogens with zero attached hydrogens (tertiary/aromatic N) is 1. The van der Waals surface area contributed by atoms with E-state index in [4.69, 9.17) is 9.05 Å². The molecule has 0 aliphatic carbocycles. The Morgan fingerprint density at radius 1 is 0.462 bits per heavy atom. The molecule has 1 amide bonds. The van der Waals surface area contributed by atoms with Gasteiger partial charge in [0.2, 0.25) is 5.91 Å². The van der Waals surface area contributed by atoms with Crippen molar-refractivity contribution >= 4 is 13.7 Å². The predicted molar refractivity (Wildman–Crippen MR) is 339 cm³/mol. The number of carbonyl (C=O) groups is 1. The van der Waals surface area contributed by atoms with Crippen LogP contribution in [0.15, 0.2) is 72.9 Å². The fourth-order valence-corrected chi connectivity index (χ4v) is 10.5. The molecule has 0 saturated heterocycles. The van der Waals surface area contributed by atoms with E-state index >= 15 is 0 Å². The minimum atomic E-state index is -4.61. The molecule has 0 aliphatic rings. The molecule has 0 radical (unpaired) electrons. The molecule has 3 atom stereocenters. The molecule has 8 nitrogen and oxygen atoms in total. The van der Waals surface area contributed by atoms with E-state index in [0.29, 0.717) is 17.4 Å². The van der Waals surface area contributed by atoms with Gasteiger partial charge in [-0.3, -0.25) is 9.36 Å². The molecule has 0 heterocycles. The molecule has 0 spiro atoms. The number of rotatable bonds is 61. The number of phosphoric acid groups is 1. The number of aliphatic hydroxyl groups excluding tert-OH is 1. The van der Waals surface area contributed by atoms with Crippen molar-refractivity contribution in [3.63, 3.8) is 0 Å². The summed E-state index contributed by atoms with van der Waals surface area (Å²) in [7, 11) is 1.24. The zero-order valence-electron chi connectivity index (χ0n) is 52.1. The summed E-state index contributed by atoms with van der Waals surface area (Å²) in [5, 5.41) is 13.9. The highest BCUT2D eigenvalue weighted by atomic mass is 31.2. The number of hydrogen-bond donors (Lipinski definition) is 2. The number of nitrogens with one attached hydrogen (secondary N) is 1. The molecule has 3 unspecified atom stereocenters. The van der Waals surface area contributed by atoms with Crippen molar-refractivity contribution in [2.75, 3.05) is 40.9 Å². The molecule has 0 saturated carbocycles. The first-order valence-corrected chi connectivity index (χ1v) is 34.8. The topological polar surface area (TPSA) is 108 Å². The standard InChI is InChI=1S/C69H129N2O6P/c1-6-8-10-12-14-16-18-20-22-24-26-28-30-32-33-34-35-36-37-39-40-42-44-46-48-50-52-54-56-58-60-62-68(72)67(66-77-78(74,75)76-65-64-71(3,4)5)70-69(73)63-61-59-57-55-53-51-49-47-45-43-41-38-31-29-27-25-23-21-19-17-15-13-11-9-7-2/h9,11,15,17,21,23,27,29,52,54,60,62,67-68,72H,6-8,10,12-14,16,18-20,22,24-26,28,30-51,53,55-59,61,63-66H2,1-5H3,(H-,70,73,74,75)/b11-9-,17-15-,23-21-,29-27-,54-52+,62-60+. The number of phosphoric ester groups is 1. The second-order valence-corrected chi connectivity index (χ2v) is 25.2. The molecule has 0 aliphatic heterocycles. The third-order valence-corrected chi connectivity index (χ3v) is 15.9. The van der Waals surface area contributed by atoms with E-state index in [1.807, 2.05) is 27.2 Å². The fraction of sp³-hybridized carbons (Fsp3) is 0.812. The van der Waals surface area contributed by atoms with E-state index < -0.39 is 26.6 Å². The van der Waals surface area contributed by atoms with Crippen molar-refractivity contribution in [2.45, 2.75) is 321 Å². The summed E-state index contributed by atoms with van der Waals surface area (Å²) in [5.41, 5.74) is 0. The van der Waals surface area contributed by atoms with Crippen molar-refractivity contribution in [1.29, 1.82) is 0 Å². The van der Waals surface area contributed by atoms with Crippen molar-refractivity contribution in [3.05, 3.63) is 72.9 Å². The van der Waals surface area contributed by atoms with E-state index in [0.717, 1.165) is 64.2 Å². The smallest absolute Gasteiger partial charge is 0.268 e. The number of allylic oxidation sites excluding steroid dienone is 11. The van der Waals surface area contributed by atoms with Crippen LogP contribution in [0.5, 0.6) is 0 Å². The Kier molecular flexibility index (Phi) is 58.0. The Labute approximate surface area is 484 Å². The number of aliphatic hydroxyl groups is 1. The summed E-state index contributed by atoms with van der Waals surface area (Å²) in [6.45, 7) is 4.55. The molecule has 0 bridgehead atoms. The quantitative estimate of drug-likeness (QED) is 0.0272. The number of amides is 1. The van der Waals surface area contributed by atoms with E-state index in [2.05, 4.69) is 79.9 Å². The van der Waals surface area contributed by atoms with Crippen molar-refractivity contribution in [3.8, 4) is 0 Å². The van der Waals surface area contributed by atoms with Gasteiger partial charge in [-0.15, -0.1) is 0 Å². The monoisotopic (exact) mass is 1110 g/mol. The molecule has 0 aromatic heterocycles. The van der Waals surface area contributed by atoms with Crippen LogP contribution in [-0.2, 0) is 18.4 Å². The van der Waals surface area contributed by atoms with Crippen molar-refractivity contribution < 1.29 is 32.9 Å². The van der Waals surface area contributed by atoms with Crippen LogP contribution in [0.25, 0.3) is 0 Å². The predicted octanol–water partition coefficient (Wildman–Crippen LogP) is 20.4. The van der Waals surface area contributed by atoms with Gasteiger partial charge in [0, 0.05) is 6.42 Å². The zero-order valence-corrected chi connectivity index (χ0v) is 53.0. The van der Waals surface area contributed by atoms with E-state index in [1.54, 1.807) is 6.08 Å². The van der Waals surface area contributed by atoms with Gasteiger partial charge in [-0.25, -0.2) is 0 Å². The highest BCUT2D eigenvalue weighted by Gasteiger charge is 2.23. The Morgan fingerprint density at radius 3 is 1.19 bits per heavy atom. The maximum absolute atomic E-state index is 13.0. The maximum atomic E-state index is 13.0. The fourth-order valence-electron chi connectivity index (χ4n) is 9.75. The minimum absolute atomic E-state index is 0.00876. The van der Waals surface area contributed by atoms with Crippen LogP contribution < -0.4 is 10.2 Å². The third-order valence-electron chi connectivity index (χ3n) is 14.9. The highest BCUT2D eigenvalue weighted by molar-refractivity contribution is 7.45. The van der Waals surface area contributed by atoms with Gasteiger partial charge < -0.3 is 28.8 Å². The van der Waals surface area contributed by atoms with Crippen molar-refractivity contribution in [2.24, 2.45) is 0 Å². The first-order valence-electron chi connectivity index (χ1n) is 33.3. The summed E-state index contributed by atoms with van der Waals surface area (Å²) >= 11 is 0. The Bertz CT molecular complexity index is 1500. The number of hydrogen-bond acceptors (Lipinski definition) is 6. The van der Waals surface area contributed by atoms with Gasteiger partial charge in [0.15, 0.2) is 0 Å². The van der Waals surface area contributed by atoms with Crippen LogP contribution in [0.2, 0.25) is 0 Å². The number of carbonyl (C=O) groups excluding carboxylic acids is 1. The lowest BCUT2D eigenvalue weighted by Gasteiger charge is -2.29. The second kappa shape index (κ2) is 59.6. The Balaban J connectivity index is 4.14. The normalized spacial score (nSPS) is 14.2. The first-order chi connectivity index (χ1) is 38.0. The van der Waals surface area contributed by atoms with Crippen LogP contribution in [0.1, 0.15) is 309 Å². The molecule has 0 fully saturated rings. The van der Waals surface area contributed by atoms with Gasteiger partial charge in [0.25, 0.3) is 7.82 Å². The largest absolute Gasteiger partial charge is 0.756 e. The van der Waals surface area contributed by atoms with Crippen LogP contribution in [0.4, 0.5) is 0 Å². The summed E-state index contributed by atoms with van der Waals surface area (Å²) in [5.74, 6) is -0.208. The average molecular weight is 1110 g/mol. The SMILES string of the molecule is CC/C=C\C/C=C\C/C=C\C/C=C\CCCCCCCCCCCCCCC(=O)NC(COP(=O)([O-])OCC[N+](C)(C)C)C(O)/C=C/CC/C=C/CCCCCCCCCCCCCCCCCCCCCCCCCCC. The van der Waals surface area contributed by atoms with Gasteiger partial charge in [-0.1, -0.05) is 305 Å². The summed E-state index contributed by atoms with van der Waals surface area (Å²) in [6.07, 6.45) is 83.0. The molecule has 78 heavy (non-hydrogen) atoms. The highest BCUT2D eigenvalue weighted by Crippen LogP contribution is 2.38. The molecular formula is C69H129N2O6P. The van der Waals surface area contributed by atoms with Gasteiger partial charge in [-0.2, -0.15) is 0 Å². The lowest BCUT2D eigenvalue weighted by atomic mass is 10.0. The summed E-state index contributed by atoms with van der Waals surface area (Å²) < 4.78 is 23.4. The van der Waals surface area contributed by atoms with E-state index in [-0.39, 0.29) is 12.5 Å². The van der Waals surface area contributed by atoms with Crippen LogP contribution >= 0.6 is 7.82 Å². The van der Waals surface area contributed by atoms with Crippen LogP contribution in [-0.4, -0.2) is 68.5 Å². The van der Waals surface area contributed by atoms with Gasteiger partial charge in [-0.05, 0) is 70.6 Å². The van der Waals surface area contributed by atoms with Gasteiger partial charge >= 0.3 is 0 Å². The zero-order chi connectivity index (χ0) is 57.0. The molecule has 0 aromatic rings. The first kappa shape index (κ1) is 75.9. The lowest BCUT2D eigenvalue weighted by Crippen LogP contribution is -2.45. The van der Waals surface area contributed by atoms with E-state index in [9.17, 15) is 19.4 Å². The molecule has 456 valence electrons. The van der Waals surface area contributed by atoms with Gasteiger partial charge in [0.1, 0.15) is 13.2 Å². The maximum Gasteiger partial charge on any atom is 0.268 e. The molecule has 9 heteroatoms. The average Bonchev–Trinajstić information content (AvgIpc) is 3.41. The Hall–Kier alpha value is -2.06. The molecule has 2 N–H and O–H groups in total. The molecule has 0 rings (SSSR count). The molecule has 0 aromatic carbocycles. The number of unbranched alkanes of at least 4 members (excludes halogenated alkanes) is 38. The molecular weight excluding hydrogens is 984 g/mol. The summed E-state index contributed by atoms with van der Waals surface area (Å²) in [6, 6.07) is -0.910. The third kappa shape index (κ3) is 61.6. The van der Waals surface area contributed by atoms with Gasteiger partial charge in [0.05, 0.1) is 39.9 Å². The minimum Gasteiger partial charge on any atom is -0.756 e. The van der Waals surface area contributed by atoms with Crippen LogP contribution in [0.3, 0.4) is 0 Å². The van der Waals surface area contributed by atoms with Crippen LogP contribution in [0, 0.1) is 0 Å². The Morgan fingerprint density at radius 2 is 0.795 bits per heavy atom. The second-order valence-electron chi connectivity index (χ2n) is 23.8. The lowest BCUT2D eigenvalue weighted by molar-refractivity contribution is -0.870. The number of likely N-dealkylation sites (N-methyl/N-ethyl adjacent to an activating group) is 1. The van der Waals surface area contributed by atoms with Crippen molar-refractivity contribution in [1.82, 2.24) is 5.32 Å². The summed E-state index contributed by atoms with van der Waals surface area (Å²) in [4.78, 5) is 25.6.